The van der Waals surface area contributed by atoms with Crippen LogP contribution in [0.2, 0.25) is 5.02 Å². The number of rotatable bonds is 1. The third kappa shape index (κ3) is 2.09. The normalized spacial score (nSPS) is 12.6. The minimum Gasteiger partial charge on any atom is -0.478 e. The van der Waals surface area contributed by atoms with Crippen LogP contribution in [0.5, 0.6) is 11.5 Å². The fourth-order valence-electron chi connectivity index (χ4n) is 2.02. The predicted octanol–water partition coefficient (Wildman–Crippen LogP) is 4.07. The summed E-state index contributed by atoms with van der Waals surface area (Å²) in [4.78, 5) is 11.4. The molecule has 2 aromatic carbocycles. The topological polar surface area (TPSA) is 46.5 Å². The maximum Gasteiger partial charge on any atom is 0.336 e. The van der Waals surface area contributed by atoms with E-state index in [2.05, 4.69) is 0 Å². The number of hydrogen-bond acceptors (Lipinski definition) is 2. The smallest absolute Gasteiger partial charge is 0.336 e. The molecule has 0 aliphatic carbocycles. The molecule has 3 nitrogen and oxygen atoms in total. The summed E-state index contributed by atoms with van der Waals surface area (Å²) in [6.07, 6.45) is 1.61. The number of para-hydroxylation sites is 1. The molecule has 0 saturated heterocycles. The van der Waals surface area contributed by atoms with E-state index in [1.165, 1.54) is 0 Å². The second kappa shape index (κ2) is 4.44. The maximum atomic E-state index is 11.4. The highest BCUT2D eigenvalue weighted by Gasteiger charge is 2.21. The summed E-state index contributed by atoms with van der Waals surface area (Å²) < 4.78 is 5.76. The summed E-state index contributed by atoms with van der Waals surface area (Å²) in [5, 5.41) is 9.85. The number of fused-ring (bicyclic) bond motifs is 2. The van der Waals surface area contributed by atoms with Crippen molar-refractivity contribution in [1.82, 2.24) is 0 Å². The highest BCUT2D eigenvalue weighted by molar-refractivity contribution is 6.31. The zero-order chi connectivity index (χ0) is 13.4. The van der Waals surface area contributed by atoms with Crippen molar-refractivity contribution >= 4 is 29.2 Å². The quantitative estimate of drug-likeness (QED) is 0.851. The summed E-state index contributed by atoms with van der Waals surface area (Å²) in [5.74, 6) is 0.0669. The molecular formula is C15H9ClO3. The molecule has 0 saturated carbocycles. The average molecular weight is 273 g/mol. The van der Waals surface area contributed by atoms with Gasteiger partial charge in [0.25, 0.3) is 0 Å². The molecule has 1 heterocycles. The summed E-state index contributed by atoms with van der Waals surface area (Å²) in [6, 6.07) is 12.2. The second-order valence-corrected chi connectivity index (χ2v) is 4.58. The van der Waals surface area contributed by atoms with Gasteiger partial charge in [-0.3, -0.25) is 0 Å². The molecule has 3 rings (SSSR count). The van der Waals surface area contributed by atoms with Crippen LogP contribution in [0.15, 0.2) is 42.5 Å². The lowest BCUT2D eigenvalue weighted by molar-refractivity contribution is -0.130. The lowest BCUT2D eigenvalue weighted by Crippen LogP contribution is -1.99. The third-order valence-electron chi connectivity index (χ3n) is 2.90. The van der Waals surface area contributed by atoms with Gasteiger partial charge in [0, 0.05) is 22.2 Å². The first-order valence-corrected chi connectivity index (χ1v) is 6.05. The van der Waals surface area contributed by atoms with Crippen molar-refractivity contribution in [3.05, 3.63) is 58.6 Å². The molecule has 19 heavy (non-hydrogen) atoms. The molecule has 2 aromatic rings. The Morgan fingerprint density at radius 2 is 1.89 bits per heavy atom. The Hall–Kier alpha value is -2.26. The van der Waals surface area contributed by atoms with Gasteiger partial charge in [-0.15, -0.1) is 0 Å². The Bertz CT molecular complexity index is 704. The van der Waals surface area contributed by atoms with Crippen LogP contribution in [0.4, 0.5) is 0 Å². The Morgan fingerprint density at radius 1 is 1.11 bits per heavy atom. The summed E-state index contributed by atoms with van der Waals surface area (Å²) >= 11 is 5.94. The number of carboxylic acids is 1. The molecule has 0 spiro atoms. The Balaban J connectivity index is 2.29. The lowest BCUT2D eigenvalue weighted by Gasteiger charge is -2.09. The van der Waals surface area contributed by atoms with E-state index in [1.54, 1.807) is 30.3 Å². The zero-order valence-corrected chi connectivity index (χ0v) is 10.5. The van der Waals surface area contributed by atoms with Gasteiger partial charge in [-0.2, -0.15) is 0 Å². The van der Waals surface area contributed by atoms with Crippen molar-refractivity contribution in [3.8, 4) is 11.5 Å². The lowest BCUT2D eigenvalue weighted by atomic mass is 10.0. The first-order valence-electron chi connectivity index (χ1n) is 5.67. The fraction of sp³-hybridized carbons (Fsp3) is 0. The van der Waals surface area contributed by atoms with Crippen molar-refractivity contribution in [1.29, 1.82) is 0 Å². The summed E-state index contributed by atoms with van der Waals surface area (Å²) in [6.45, 7) is 0. The Kier molecular flexibility index (Phi) is 2.76. The number of carbonyl (C=O) groups is 1. The zero-order valence-electron chi connectivity index (χ0n) is 9.76. The Morgan fingerprint density at radius 3 is 2.68 bits per heavy atom. The minimum atomic E-state index is -0.996. The molecule has 0 fully saturated rings. The molecule has 94 valence electrons. The van der Waals surface area contributed by atoms with Crippen molar-refractivity contribution in [2.75, 3.05) is 0 Å². The predicted molar refractivity (Wildman–Crippen MR) is 73.5 cm³/mol. The van der Waals surface area contributed by atoms with Crippen LogP contribution in [0.3, 0.4) is 0 Å². The van der Waals surface area contributed by atoms with Crippen LogP contribution in [0.1, 0.15) is 11.1 Å². The van der Waals surface area contributed by atoms with E-state index >= 15 is 0 Å². The van der Waals surface area contributed by atoms with Crippen LogP contribution >= 0.6 is 11.6 Å². The van der Waals surface area contributed by atoms with Crippen LogP contribution in [0, 0.1) is 0 Å². The van der Waals surface area contributed by atoms with Crippen molar-refractivity contribution in [2.45, 2.75) is 0 Å². The van der Waals surface area contributed by atoms with Gasteiger partial charge in [-0.25, -0.2) is 4.79 Å². The SMILES string of the molecule is O=C(O)C1=Cc2ccccc2Oc2cc(Cl)ccc21. The average Bonchev–Trinajstić information content (AvgIpc) is 2.54. The molecule has 1 aliphatic rings. The number of halogens is 1. The van der Waals surface area contributed by atoms with E-state index in [4.69, 9.17) is 16.3 Å². The fourth-order valence-corrected chi connectivity index (χ4v) is 2.19. The number of benzene rings is 2. The van der Waals surface area contributed by atoms with Gasteiger partial charge in [0.05, 0.1) is 5.57 Å². The van der Waals surface area contributed by atoms with Crippen LogP contribution in [-0.4, -0.2) is 11.1 Å². The largest absolute Gasteiger partial charge is 0.478 e. The molecule has 4 heteroatoms. The van der Waals surface area contributed by atoms with Crippen molar-refractivity contribution < 1.29 is 14.6 Å². The van der Waals surface area contributed by atoms with E-state index in [9.17, 15) is 9.90 Å². The van der Waals surface area contributed by atoms with E-state index in [1.807, 2.05) is 18.2 Å². The summed E-state index contributed by atoms with van der Waals surface area (Å²) in [7, 11) is 0. The van der Waals surface area contributed by atoms with E-state index in [0.717, 1.165) is 5.56 Å². The molecule has 0 amide bonds. The van der Waals surface area contributed by atoms with E-state index in [-0.39, 0.29) is 5.57 Å². The molecule has 0 atom stereocenters. The number of aliphatic carboxylic acids is 1. The highest BCUT2D eigenvalue weighted by Crippen LogP contribution is 2.39. The van der Waals surface area contributed by atoms with Gasteiger partial charge < -0.3 is 9.84 Å². The van der Waals surface area contributed by atoms with E-state index < -0.39 is 5.97 Å². The van der Waals surface area contributed by atoms with Gasteiger partial charge in [0.2, 0.25) is 0 Å². The second-order valence-electron chi connectivity index (χ2n) is 4.14. The minimum absolute atomic E-state index is 0.191. The summed E-state index contributed by atoms with van der Waals surface area (Å²) in [5.41, 5.74) is 1.44. The van der Waals surface area contributed by atoms with E-state index in [0.29, 0.717) is 22.1 Å². The molecule has 1 aliphatic heterocycles. The number of ether oxygens (including phenoxy) is 1. The van der Waals surface area contributed by atoms with Gasteiger partial charge in [0.1, 0.15) is 11.5 Å². The number of hydrogen-bond donors (Lipinski definition) is 1. The molecule has 0 aromatic heterocycles. The first-order chi connectivity index (χ1) is 9.15. The van der Waals surface area contributed by atoms with Crippen LogP contribution in [0.25, 0.3) is 11.6 Å². The first kappa shape index (κ1) is 11.8. The van der Waals surface area contributed by atoms with Crippen molar-refractivity contribution in [3.63, 3.8) is 0 Å². The van der Waals surface area contributed by atoms with Crippen molar-refractivity contribution in [2.24, 2.45) is 0 Å². The Labute approximate surface area is 114 Å². The van der Waals surface area contributed by atoms with Gasteiger partial charge >= 0.3 is 5.97 Å². The molecule has 0 radical (unpaired) electrons. The molecule has 1 N–H and O–H groups in total. The third-order valence-corrected chi connectivity index (χ3v) is 3.14. The van der Waals surface area contributed by atoms with Gasteiger partial charge in [0.15, 0.2) is 0 Å². The molecule has 0 unspecified atom stereocenters. The molecular weight excluding hydrogens is 264 g/mol. The standard InChI is InChI=1S/C15H9ClO3/c16-10-5-6-11-12(15(17)18)7-9-3-1-2-4-13(9)19-14(11)8-10/h1-8H,(H,17,18). The monoisotopic (exact) mass is 272 g/mol. The van der Waals surface area contributed by atoms with Gasteiger partial charge in [-0.1, -0.05) is 29.8 Å². The molecule has 0 bridgehead atoms. The van der Waals surface area contributed by atoms with Gasteiger partial charge in [-0.05, 0) is 24.3 Å². The maximum absolute atomic E-state index is 11.4. The van der Waals surface area contributed by atoms with Crippen LogP contribution in [-0.2, 0) is 4.79 Å². The highest BCUT2D eigenvalue weighted by atomic mass is 35.5. The number of carboxylic acid groups (broad SMARTS) is 1. The van der Waals surface area contributed by atoms with Crippen LogP contribution < -0.4 is 4.74 Å².